The molecule has 1 heterocycles. The number of hydrogen-bond acceptors (Lipinski definition) is 6. The molecule has 184 valence electrons. The molecule has 2 aromatic rings. The van der Waals surface area contributed by atoms with E-state index in [0.717, 1.165) is 30.5 Å². The number of nitrogens with one attached hydrogen (secondary N) is 3. The fraction of sp³-hybridized carbons (Fsp3) is 0.417. The molecule has 1 aliphatic heterocycles. The van der Waals surface area contributed by atoms with Crippen LogP contribution in [0, 0.1) is 0 Å². The number of carbonyl (C=O) groups excluding carboxylic acids is 2. The Hall–Kier alpha value is -2.43. The molecule has 0 unspecified atom stereocenters. The highest BCUT2D eigenvalue weighted by molar-refractivity contribution is 9.10. The summed E-state index contributed by atoms with van der Waals surface area (Å²) in [7, 11) is -3.54. The van der Waals surface area contributed by atoms with Crippen molar-refractivity contribution in [1.29, 1.82) is 0 Å². The average molecular weight is 552 g/mol. The van der Waals surface area contributed by atoms with Gasteiger partial charge in [0.25, 0.3) is 5.91 Å². The number of rotatable bonds is 11. The summed E-state index contributed by atoms with van der Waals surface area (Å²) in [6.07, 6.45) is 0.854. The molecule has 34 heavy (non-hydrogen) atoms. The molecule has 0 spiro atoms. The van der Waals surface area contributed by atoms with Crippen molar-refractivity contribution in [2.24, 2.45) is 0 Å². The van der Waals surface area contributed by atoms with Crippen molar-refractivity contribution in [3.8, 4) is 0 Å². The second kappa shape index (κ2) is 11.8. The van der Waals surface area contributed by atoms with Gasteiger partial charge in [-0.05, 0) is 62.0 Å². The summed E-state index contributed by atoms with van der Waals surface area (Å²) in [4.78, 5) is 27.4. The Morgan fingerprint density at radius 3 is 2.59 bits per heavy atom. The second-order valence-electron chi connectivity index (χ2n) is 8.27. The lowest BCUT2D eigenvalue weighted by Crippen LogP contribution is -2.43. The highest BCUT2D eigenvalue weighted by Crippen LogP contribution is 2.28. The van der Waals surface area contributed by atoms with E-state index in [-0.39, 0.29) is 17.4 Å². The van der Waals surface area contributed by atoms with E-state index in [1.807, 2.05) is 6.07 Å². The van der Waals surface area contributed by atoms with Crippen molar-refractivity contribution in [2.45, 2.75) is 32.1 Å². The predicted octanol–water partition coefficient (Wildman–Crippen LogP) is 3.26. The second-order valence-corrected chi connectivity index (χ2v) is 11.3. The maximum atomic E-state index is 12.7. The van der Waals surface area contributed by atoms with E-state index in [1.54, 1.807) is 36.4 Å². The third-order valence-electron chi connectivity index (χ3n) is 5.71. The molecule has 0 fully saturated rings. The largest absolute Gasteiger partial charge is 0.371 e. The number of nitrogens with zero attached hydrogens (tertiary/aromatic N) is 1. The number of fused-ring (bicyclic) bond motifs is 1. The minimum Gasteiger partial charge on any atom is -0.371 e. The van der Waals surface area contributed by atoms with Crippen LogP contribution in [-0.4, -0.2) is 63.1 Å². The van der Waals surface area contributed by atoms with E-state index in [4.69, 9.17) is 0 Å². The Kier molecular flexibility index (Phi) is 9.10. The van der Waals surface area contributed by atoms with Gasteiger partial charge in [0.1, 0.15) is 6.04 Å². The Morgan fingerprint density at radius 2 is 1.88 bits per heavy atom. The summed E-state index contributed by atoms with van der Waals surface area (Å²) in [6.45, 7) is 7.67. The van der Waals surface area contributed by atoms with Gasteiger partial charge in [-0.1, -0.05) is 41.9 Å². The summed E-state index contributed by atoms with van der Waals surface area (Å²) in [6, 6.07) is 11.1. The normalized spacial score (nSPS) is 15.4. The summed E-state index contributed by atoms with van der Waals surface area (Å²) < 4.78 is 26.2. The van der Waals surface area contributed by atoms with Crippen LogP contribution in [0.1, 0.15) is 36.2 Å². The third kappa shape index (κ3) is 7.28. The van der Waals surface area contributed by atoms with Gasteiger partial charge in [0, 0.05) is 16.6 Å². The lowest BCUT2D eigenvalue weighted by Gasteiger charge is -2.27. The molecule has 0 aliphatic carbocycles. The molecule has 3 rings (SSSR count). The SMILES string of the molecule is CCN(CC)CCCNC(=O)c1ccc2c(c1)NC(=O)[C@@H](CS(=O)(=O)Cc1cccc(Br)c1)N2. The number of amides is 2. The zero-order chi connectivity index (χ0) is 24.7. The van der Waals surface area contributed by atoms with Crippen molar-refractivity contribution >= 4 is 49.0 Å². The topological polar surface area (TPSA) is 108 Å². The monoisotopic (exact) mass is 550 g/mol. The standard InChI is InChI=1S/C24H31BrN4O4S/c1-3-29(4-2)12-6-11-26-23(30)18-9-10-20-21(14-18)28-24(31)22(27-20)16-34(32,33)15-17-7-5-8-19(25)13-17/h5,7-10,13-14,22,27H,3-4,6,11-12,15-16H2,1-2H3,(H,26,30)(H,28,31)/t22-/m1/s1. The number of carbonyl (C=O) groups is 2. The first kappa shape index (κ1) is 26.2. The van der Waals surface area contributed by atoms with Crippen molar-refractivity contribution in [3.63, 3.8) is 0 Å². The van der Waals surface area contributed by atoms with Crippen LogP contribution in [-0.2, 0) is 20.4 Å². The minimum absolute atomic E-state index is 0.155. The van der Waals surface area contributed by atoms with E-state index in [1.165, 1.54) is 0 Å². The molecule has 1 aliphatic rings. The van der Waals surface area contributed by atoms with Gasteiger partial charge in [0.05, 0.1) is 22.9 Å². The summed E-state index contributed by atoms with van der Waals surface area (Å²) in [5.41, 5.74) is 2.13. The van der Waals surface area contributed by atoms with Crippen LogP contribution < -0.4 is 16.0 Å². The highest BCUT2D eigenvalue weighted by Gasteiger charge is 2.30. The molecule has 0 aromatic heterocycles. The molecule has 2 aromatic carbocycles. The number of halogens is 1. The van der Waals surface area contributed by atoms with Gasteiger partial charge in [0.15, 0.2) is 9.84 Å². The first-order valence-corrected chi connectivity index (χ1v) is 14.0. The van der Waals surface area contributed by atoms with Gasteiger partial charge >= 0.3 is 0 Å². The quantitative estimate of drug-likeness (QED) is 0.370. The van der Waals surface area contributed by atoms with E-state index in [0.29, 0.717) is 29.0 Å². The van der Waals surface area contributed by atoms with Crippen LogP contribution in [0.3, 0.4) is 0 Å². The molecule has 8 nitrogen and oxygen atoms in total. The number of benzene rings is 2. The molecule has 2 amide bonds. The average Bonchev–Trinajstić information content (AvgIpc) is 2.78. The zero-order valence-corrected chi connectivity index (χ0v) is 21.8. The van der Waals surface area contributed by atoms with Gasteiger partial charge < -0.3 is 20.9 Å². The molecule has 0 bridgehead atoms. The van der Waals surface area contributed by atoms with E-state index in [2.05, 4.69) is 50.6 Å². The number of anilines is 2. The maximum absolute atomic E-state index is 12.7. The molecule has 1 atom stereocenters. The van der Waals surface area contributed by atoms with E-state index in [9.17, 15) is 18.0 Å². The van der Waals surface area contributed by atoms with Crippen LogP contribution in [0.2, 0.25) is 0 Å². The van der Waals surface area contributed by atoms with Crippen molar-refractivity contribution in [3.05, 3.63) is 58.1 Å². The van der Waals surface area contributed by atoms with Crippen molar-refractivity contribution in [2.75, 3.05) is 42.6 Å². The smallest absolute Gasteiger partial charge is 0.251 e. The molecule has 0 saturated heterocycles. The number of hydrogen-bond donors (Lipinski definition) is 3. The molecular formula is C24H31BrN4O4S. The van der Waals surface area contributed by atoms with Crippen LogP contribution in [0.15, 0.2) is 46.9 Å². The van der Waals surface area contributed by atoms with E-state index < -0.39 is 21.8 Å². The van der Waals surface area contributed by atoms with Crippen molar-refractivity contribution < 1.29 is 18.0 Å². The lowest BCUT2D eigenvalue weighted by molar-refractivity contribution is -0.116. The van der Waals surface area contributed by atoms with Crippen LogP contribution >= 0.6 is 15.9 Å². The Balaban J connectivity index is 1.58. The predicted molar refractivity (Wildman–Crippen MR) is 139 cm³/mol. The third-order valence-corrected chi connectivity index (χ3v) is 7.82. The van der Waals surface area contributed by atoms with Crippen LogP contribution in [0.4, 0.5) is 11.4 Å². The van der Waals surface area contributed by atoms with Crippen LogP contribution in [0.5, 0.6) is 0 Å². The van der Waals surface area contributed by atoms with Crippen LogP contribution in [0.25, 0.3) is 0 Å². The lowest BCUT2D eigenvalue weighted by atomic mass is 10.1. The molecule has 0 saturated carbocycles. The Labute approximate surface area is 209 Å². The summed E-state index contributed by atoms with van der Waals surface area (Å²) >= 11 is 3.34. The molecule has 10 heteroatoms. The van der Waals surface area contributed by atoms with Gasteiger partial charge in [-0.15, -0.1) is 0 Å². The maximum Gasteiger partial charge on any atom is 0.251 e. The summed E-state index contributed by atoms with van der Waals surface area (Å²) in [5.74, 6) is -1.14. The fourth-order valence-electron chi connectivity index (χ4n) is 3.85. The minimum atomic E-state index is -3.54. The van der Waals surface area contributed by atoms with Gasteiger partial charge in [-0.2, -0.15) is 0 Å². The molecule has 0 radical (unpaired) electrons. The van der Waals surface area contributed by atoms with Gasteiger partial charge in [0.2, 0.25) is 5.91 Å². The molecule has 3 N–H and O–H groups in total. The van der Waals surface area contributed by atoms with Crippen molar-refractivity contribution in [1.82, 2.24) is 10.2 Å². The van der Waals surface area contributed by atoms with E-state index >= 15 is 0 Å². The number of sulfone groups is 1. The van der Waals surface area contributed by atoms with Gasteiger partial charge in [-0.25, -0.2) is 8.42 Å². The zero-order valence-electron chi connectivity index (χ0n) is 19.4. The Bertz CT molecular complexity index is 1140. The first-order chi connectivity index (χ1) is 16.2. The Morgan fingerprint density at radius 1 is 1.12 bits per heavy atom. The molecular weight excluding hydrogens is 520 g/mol. The first-order valence-electron chi connectivity index (χ1n) is 11.4. The highest BCUT2D eigenvalue weighted by atomic mass is 79.9. The summed E-state index contributed by atoms with van der Waals surface area (Å²) in [5, 5.41) is 8.65. The fourth-order valence-corrected chi connectivity index (χ4v) is 5.84. The van der Waals surface area contributed by atoms with Gasteiger partial charge in [-0.3, -0.25) is 9.59 Å².